The minimum Gasteiger partial charge on any atom is -0.458 e. The molecule has 0 saturated heterocycles. The maximum absolute atomic E-state index is 13.2. The van der Waals surface area contributed by atoms with Crippen LogP contribution in [-0.2, 0) is 11.3 Å². The summed E-state index contributed by atoms with van der Waals surface area (Å²) < 4.78 is 19.8. The van der Waals surface area contributed by atoms with Gasteiger partial charge < -0.3 is 10.1 Å². The van der Waals surface area contributed by atoms with E-state index < -0.39 is 17.7 Å². The van der Waals surface area contributed by atoms with Gasteiger partial charge in [-0.25, -0.2) is 9.18 Å². The second kappa shape index (κ2) is 7.04. The van der Waals surface area contributed by atoms with E-state index in [0.717, 1.165) is 6.07 Å². The predicted octanol–water partition coefficient (Wildman–Crippen LogP) is 2.86. The smallest absolute Gasteiger partial charge is 0.361 e. The number of halogens is 1. The number of hydrogen-bond acceptors (Lipinski definition) is 4. The number of nitrogens with zero attached hydrogens (tertiary/aromatic N) is 2. The van der Waals surface area contributed by atoms with E-state index in [4.69, 9.17) is 4.74 Å². The lowest BCUT2D eigenvalue weighted by molar-refractivity contribution is 0.0371. The van der Waals surface area contributed by atoms with Crippen LogP contribution in [-0.4, -0.2) is 27.8 Å². The molecule has 0 spiro atoms. The number of anilines is 1. The molecule has 0 aliphatic carbocycles. The number of amides is 1. The average Bonchev–Trinajstić information content (AvgIpc) is 2.89. The summed E-state index contributed by atoms with van der Waals surface area (Å²) in [6, 6.07) is 5.28. The number of benzene rings is 1. The summed E-state index contributed by atoms with van der Waals surface area (Å²) in [7, 11) is 0. The molecule has 0 saturated carbocycles. The highest BCUT2D eigenvalue weighted by atomic mass is 19.1. The lowest BCUT2D eigenvalue weighted by Gasteiger charge is -2.08. The zero-order valence-corrected chi connectivity index (χ0v) is 13.2. The quantitative estimate of drug-likeness (QED) is 0.860. The van der Waals surface area contributed by atoms with Gasteiger partial charge in [-0.1, -0.05) is 6.07 Å². The molecular weight excluding hydrogens is 301 g/mol. The Morgan fingerprint density at radius 1 is 1.39 bits per heavy atom. The summed E-state index contributed by atoms with van der Waals surface area (Å²) in [5.74, 6) is -1.66. The third-order valence-corrected chi connectivity index (χ3v) is 2.96. The Morgan fingerprint density at radius 3 is 2.74 bits per heavy atom. The molecule has 122 valence electrons. The predicted molar refractivity (Wildman–Crippen MR) is 82.8 cm³/mol. The highest BCUT2D eigenvalue weighted by molar-refractivity contribution is 6.07. The average molecular weight is 319 g/mol. The molecule has 0 unspecified atom stereocenters. The zero-order valence-electron chi connectivity index (χ0n) is 13.2. The van der Waals surface area contributed by atoms with Crippen LogP contribution in [0.2, 0.25) is 0 Å². The van der Waals surface area contributed by atoms with Crippen molar-refractivity contribution < 1.29 is 18.7 Å². The van der Waals surface area contributed by atoms with Crippen molar-refractivity contribution in [3.63, 3.8) is 0 Å². The molecular formula is C16H18FN3O3. The highest BCUT2D eigenvalue weighted by Crippen LogP contribution is 2.17. The van der Waals surface area contributed by atoms with E-state index >= 15 is 0 Å². The maximum atomic E-state index is 13.2. The Hall–Kier alpha value is -2.70. The third-order valence-electron chi connectivity index (χ3n) is 2.96. The molecule has 6 nitrogen and oxygen atoms in total. The molecule has 0 atom stereocenters. The number of carbonyl (C=O) groups is 2. The summed E-state index contributed by atoms with van der Waals surface area (Å²) >= 11 is 0. The second-order valence-electron chi connectivity index (χ2n) is 5.17. The first kappa shape index (κ1) is 16.7. The fraction of sp³-hybridized carbons (Fsp3) is 0.312. The number of carbonyl (C=O) groups excluding carboxylic acids is 2. The Labute approximate surface area is 133 Å². The number of esters is 1. The summed E-state index contributed by atoms with van der Waals surface area (Å²) in [4.78, 5) is 24.3. The standard InChI is InChI=1S/C16H18FN3O3/c1-4-20-9-13(14(19-20)16(22)23-10(2)3)18-15(21)11-6-5-7-12(17)8-11/h5-10H,4H2,1-3H3,(H,18,21). The van der Waals surface area contributed by atoms with E-state index in [-0.39, 0.29) is 23.0 Å². The van der Waals surface area contributed by atoms with Crippen molar-refractivity contribution in [2.24, 2.45) is 0 Å². The lowest BCUT2D eigenvalue weighted by Crippen LogP contribution is -2.17. The fourth-order valence-electron chi connectivity index (χ4n) is 1.92. The van der Waals surface area contributed by atoms with Gasteiger partial charge in [0.05, 0.1) is 11.8 Å². The molecule has 7 heteroatoms. The van der Waals surface area contributed by atoms with Crippen LogP contribution in [0.4, 0.5) is 10.1 Å². The molecule has 1 aromatic heterocycles. The van der Waals surface area contributed by atoms with Crippen molar-refractivity contribution in [2.45, 2.75) is 33.4 Å². The van der Waals surface area contributed by atoms with Crippen LogP contribution in [0.15, 0.2) is 30.5 Å². The van der Waals surface area contributed by atoms with Crippen LogP contribution < -0.4 is 5.32 Å². The minimum absolute atomic E-state index is 0.0188. The number of rotatable bonds is 5. The van der Waals surface area contributed by atoms with Crippen molar-refractivity contribution in [3.05, 3.63) is 47.5 Å². The van der Waals surface area contributed by atoms with Crippen molar-refractivity contribution in [3.8, 4) is 0 Å². The van der Waals surface area contributed by atoms with Crippen molar-refractivity contribution >= 4 is 17.6 Å². The summed E-state index contributed by atoms with van der Waals surface area (Å²) in [6.07, 6.45) is 1.23. The number of hydrogen-bond donors (Lipinski definition) is 1. The molecule has 23 heavy (non-hydrogen) atoms. The molecule has 2 aromatic rings. The normalized spacial score (nSPS) is 10.7. The number of nitrogens with one attached hydrogen (secondary N) is 1. The molecule has 1 N–H and O–H groups in total. The summed E-state index contributed by atoms with van der Waals surface area (Å²) in [5, 5.41) is 6.67. The van der Waals surface area contributed by atoms with Crippen LogP contribution >= 0.6 is 0 Å². The molecule has 0 radical (unpaired) electrons. The maximum Gasteiger partial charge on any atom is 0.361 e. The van der Waals surface area contributed by atoms with E-state index in [2.05, 4.69) is 10.4 Å². The fourth-order valence-corrected chi connectivity index (χ4v) is 1.92. The topological polar surface area (TPSA) is 73.2 Å². The molecule has 1 amide bonds. The van der Waals surface area contributed by atoms with Gasteiger partial charge in [0.25, 0.3) is 5.91 Å². The van der Waals surface area contributed by atoms with Gasteiger partial charge in [0.2, 0.25) is 0 Å². The molecule has 0 fully saturated rings. The van der Waals surface area contributed by atoms with Gasteiger partial charge in [-0.2, -0.15) is 5.10 Å². The molecule has 0 aliphatic heterocycles. The van der Waals surface area contributed by atoms with Gasteiger partial charge in [0.15, 0.2) is 5.69 Å². The van der Waals surface area contributed by atoms with E-state index in [9.17, 15) is 14.0 Å². The first-order chi connectivity index (χ1) is 10.9. The molecule has 0 bridgehead atoms. The van der Waals surface area contributed by atoms with Gasteiger partial charge in [-0.15, -0.1) is 0 Å². The van der Waals surface area contributed by atoms with Crippen LogP contribution in [0.3, 0.4) is 0 Å². The Balaban J connectivity index is 2.26. The largest absolute Gasteiger partial charge is 0.458 e. The first-order valence-electron chi connectivity index (χ1n) is 7.26. The third kappa shape index (κ3) is 4.15. The zero-order chi connectivity index (χ0) is 17.0. The monoisotopic (exact) mass is 319 g/mol. The molecule has 1 heterocycles. The first-order valence-corrected chi connectivity index (χ1v) is 7.26. The Bertz CT molecular complexity index is 725. The highest BCUT2D eigenvalue weighted by Gasteiger charge is 2.21. The van der Waals surface area contributed by atoms with Crippen LogP contribution in [0.1, 0.15) is 41.6 Å². The molecule has 2 rings (SSSR count). The summed E-state index contributed by atoms with van der Waals surface area (Å²) in [6.45, 7) is 5.82. The van der Waals surface area contributed by atoms with Crippen molar-refractivity contribution in [1.82, 2.24) is 9.78 Å². The number of aromatic nitrogens is 2. The second-order valence-corrected chi connectivity index (χ2v) is 5.17. The van der Waals surface area contributed by atoms with E-state index in [1.54, 1.807) is 13.8 Å². The van der Waals surface area contributed by atoms with E-state index in [1.165, 1.54) is 29.1 Å². The van der Waals surface area contributed by atoms with Crippen LogP contribution in [0.5, 0.6) is 0 Å². The number of aryl methyl sites for hydroxylation is 1. The van der Waals surface area contributed by atoms with Gasteiger partial charge in [0, 0.05) is 18.3 Å². The molecule has 1 aromatic carbocycles. The van der Waals surface area contributed by atoms with Crippen LogP contribution in [0, 0.1) is 5.82 Å². The number of ether oxygens (including phenoxy) is 1. The SMILES string of the molecule is CCn1cc(NC(=O)c2cccc(F)c2)c(C(=O)OC(C)C)n1. The molecule has 0 aliphatic rings. The minimum atomic E-state index is -0.623. The summed E-state index contributed by atoms with van der Waals surface area (Å²) in [5.41, 5.74) is 0.398. The van der Waals surface area contributed by atoms with Gasteiger partial charge in [-0.05, 0) is 39.0 Å². The van der Waals surface area contributed by atoms with Crippen LogP contribution in [0.25, 0.3) is 0 Å². The van der Waals surface area contributed by atoms with Gasteiger partial charge in [-0.3, -0.25) is 9.48 Å². The van der Waals surface area contributed by atoms with E-state index in [0.29, 0.717) is 6.54 Å². The van der Waals surface area contributed by atoms with Gasteiger partial charge in [0.1, 0.15) is 5.82 Å². The van der Waals surface area contributed by atoms with Crippen molar-refractivity contribution in [2.75, 3.05) is 5.32 Å². The van der Waals surface area contributed by atoms with Gasteiger partial charge >= 0.3 is 5.97 Å². The Kier molecular flexibility index (Phi) is 5.10. The van der Waals surface area contributed by atoms with Crippen molar-refractivity contribution in [1.29, 1.82) is 0 Å². The lowest BCUT2D eigenvalue weighted by atomic mass is 10.2. The Morgan fingerprint density at radius 2 is 2.13 bits per heavy atom. The van der Waals surface area contributed by atoms with E-state index in [1.807, 2.05) is 6.92 Å².